The lowest BCUT2D eigenvalue weighted by Crippen LogP contribution is -2.45. The summed E-state index contributed by atoms with van der Waals surface area (Å²) in [4.78, 5) is 2.29. The molecule has 0 amide bonds. The van der Waals surface area contributed by atoms with Gasteiger partial charge in [-0.2, -0.15) is 17.6 Å². The number of rotatable bonds is 7. The molecule has 1 atom stereocenters. The van der Waals surface area contributed by atoms with Crippen molar-refractivity contribution in [1.29, 1.82) is 0 Å². The predicted octanol–water partition coefficient (Wildman–Crippen LogP) is 3.92. The lowest BCUT2D eigenvalue weighted by atomic mass is 9.95. The van der Waals surface area contributed by atoms with Crippen molar-refractivity contribution in [2.75, 3.05) is 26.2 Å². The van der Waals surface area contributed by atoms with Crippen LogP contribution in [0.2, 0.25) is 0 Å². The molecule has 1 saturated heterocycles. The van der Waals surface area contributed by atoms with E-state index in [9.17, 15) is 17.6 Å². The molecule has 0 bridgehead atoms. The molecule has 24 heavy (non-hydrogen) atoms. The highest BCUT2D eigenvalue weighted by atomic mass is 19.3. The number of halogens is 4. The molecule has 0 unspecified atom stereocenters. The second-order valence-electron chi connectivity index (χ2n) is 6.47. The van der Waals surface area contributed by atoms with Gasteiger partial charge in [0.05, 0.1) is 0 Å². The maximum Gasteiger partial charge on any atom is 0.461 e. The van der Waals surface area contributed by atoms with Gasteiger partial charge in [-0.3, -0.25) is 4.90 Å². The molecule has 1 aromatic carbocycles. The van der Waals surface area contributed by atoms with E-state index in [1.165, 1.54) is 12.1 Å². The Hall–Kier alpha value is -1.34. The van der Waals surface area contributed by atoms with Crippen LogP contribution in [0.25, 0.3) is 0 Å². The molecule has 2 rings (SSSR count). The standard InChI is InChI=1S/C17H24F4N2O/c1-12(2)10-15(23-8-6-22-7-9-23)13-4-3-5-14(11-13)24-17(20,21)16(18)19/h3-5,11-12,15-16,22H,6-10H2,1-2H3/t15-/m1/s1. The Bertz CT molecular complexity index is 519. The van der Waals surface area contributed by atoms with E-state index in [-0.39, 0.29) is 11.8 Å². The highest BCUT2D eigenvalue weighted by Crippen LogP contribution is 2.33. The van der Waals surface area contributed by atoms with E-state index < -0.39 is 12.5 Å². The molecule has 0 aromatic heterocycles. The number of piperazine rings is 1. The molecular formula is C17H24F4N2O. The molecule has 0 aliphatic carbocycles. The highest BCUT2D eigenvalue weighted by molar-refractivity contribution is 5.31. The maximum absolute atomic E-state index is 13.1. The molecule has 1 heterocycles. The minimum absolute atomic E-state index is 0.0517. The maximum atomic E-state index is 13.1. The predicted molar refractivity (Wildman–Crippen MR) is 84.7 cm³/mol. The van der Waals surface area contributed by atoms with E-state index in [0.29, 0.717) is 5.92 Å². The molecule has 3 nitrogen and oxygen atoms in total. The summed E-state index contributed by atoms with van der Waals surface area (Å²) in [6.07, 6.45) is -7.49. The summed E-state index contributed by atoms with van der Waals surface area (Å²) in [5.74, 6) is 0.179. The first kappa shape index (κ1) is 19.0. The summed E-state index contributed by atoms with van der Waals surface area (Å²) >= 11 is 0. The number of benzene rings is 1. The Labute approximate surface area is 140 Å². The molecule has 1 aliphatic rings. The van der Waals surface area contributed by atoms with Gasteiger partial charge in [0.1, 0.15) is 5.75 Å². The van der Waals surface area contributed by atoms with E-state index in [1.54, 1.807) is 6.07 Å². The van der Waals surface area contributed by atoms with E-state index in [1.807, 2.05) is 6.07 Å². The second-order valence-corrected chi connectivity index (χ2v) is 6.47. The van der Waals surface area contributed by atoms with Crippen LogP contribution in [0.3, 0.4) is 0 Å². The van der Waals surface area contributed by atoms with Crippen LogP contribution in [0.15, 0.2) is 24.3 Å². The molecule has 1 fully saturated rings. The van der Waals surface area contributed by atoms with Gasteiger partial charge in [0.25, 0.3) is 0 Å². The smallest absolute Gasteiger partial charge is 0.428 e. The van der Waals surface area contributed by atoms with Crippen LogP contribution in [0.4, 0.5) is 17.6 Å². The van der Waals surface area contributed by atoms with Gasteiger partial charge >= 0.3 is 12.5 Å². The summed E-state index contributed by atoms with van der Waals surface area (Å²) in [5.41, 5.74) is 0.813. The average molecular weight is 348 g/mol. The molecule has 1 aliphatic heterocycles. The fourth-order valence-electron chi connectivity index (χ4n) is 2.92. The van der Waals surface area contributed by atoms with Crippen molar-refractivity contribution in [3.63, 3.8) is 0 Å². The van der Waals surface area contributed by atoms with Gasteiger partial charge in [-0.1, -0.05) is 26.0 Å². The first-order chi connectivity index (χ1) is 11.3. The van der Waals surface area contributed by atoms with Crippen molar-refractivity contribution in [2.45, 2.75) is 38.8 Å². The third kappa shape index (κ3) is 5.08. The SMILES string of the molecule is CC(C)C[C@H](c1cccc(OC(F)(F)C(F)F)c1)N1CCNCC1. The van der Waals surface area contributed by atoms with Crippen LogP contribution in [0.1, 0.15) is 31.9 Å². The summed E-state index contributed by atoms with van der Waals surface area (Å²) < 4.78 is 55.2. The van der Waals surface area contributed by atoms with Crippen molar-refractivity contribution >= 4 is 0 Å². The number of hydrogen-bond donors (Lipinski definition) is 1. The second kappa shape index (κ2) is 8.16. The van der Waals surface area contributed by atoms with Gasteiger partial charge in [0.2, 0.25) is 0 Å². The van der Waals surface area contributed by atoms with E-state index in [4.69, 9.17) is 0 Å². The number of hydrogen-bond acceptors (Lipinski definition) is 3. The van der Waals surface area contributed by atoms with E-state index >= 15 is 0 Å². The lowest BCUT2D eigenvalue weighted by molar-refractivity contribution is -0.253. The Kier molecular flexibility index (Phi) is 6.46. The van der Waals surface area contributed by atoms with Crippen molar-refractivity contribution in [3.05, 3.63) is 29.8 Å². The lowest BCUT2D eigenvalue weighted by Gasteiger charge is -2.36. The molecule has 0 spiro atoms. The molecule has 7 heteroatoms. The first-order valence-corrected chi connectivity index (χ1v) is 8.19. The Balaban J connectivity index is 2.21. The van der Waals surface area contributed by atoms with Crippen molar-refractivity contribution in [3.8, 4) is 5.75 Å². The summed E-state index contributed by atoms with van der Waals surface area (Å²) in [6.45, 7) is 7.65. The fourth-order valence-corrected chi connectivity index (χ4v) is 2.92. The van der Waals surface area contributed by atoms with Crippen molar-refractivity contribution in [2.24, 2.45) is 5.92 Å². The highest BCUT2D eigenvalue weighted by Gasteiger charge is 2.44. The minimum atomic E-state index is -4.48. The van der Waals surface area contributed by atoms with Crippen molar-refractivity contribution < 1.29 is 22.3 Å². The van der Waals surface area contributed by atoms with Gasteiger partial charge in [-0.15, -0.1) is 0 Å². The van der Waals surface area contributed by atoms with Gasteiger partial charge in [-0.05, 0) is 30.0 Å². The molecule has 0 radical (unpaired) electrons. The molecule has 1 N–H and O–H groups in total. The number of nitrogens with zero attached hydrogens (tertiary/aromatic N) is 1. The number of ether oxygens (including phenoxy) is 1. The molecule has 136 valence electrons. The monoisotopic (exact) mass is 348 g/mol. The largest absolute Gasteiger partial charge is 0.461 e. The molecular weight excluding hydrogens is 324 g/mol. The van der Waals surface area contributed by atoms with Gasteiger partial charge in [0.15, 0.2) is 0 Å². The van der Waals surface area contributed by atoms with Gasteiger partial charge in [-0.25, -0.2) is 0 Å². The Morgan fingerprint density at radius 2 is 1.88 bits per heavy atom. The summed E-state index contributed by atoms with van der Waals surface area (Å²) in [6, 6.07) is 6.19. The summed E-state index contributed by atoms with van der Waals surface area (Å²) in [7, 11) is 0. The fraction of sp³-hybridized carbons (Fsp3) is 0.647. The van der Waals surface area contributed by atoms with Crippen LogP contribution in [-0.2, 0) is 0 Å². The quantitative estimate of drug-likeness (QED) is 0.756. The average Bonchev–Trinajstić information content (AvgIpc) is 2.53. The van der Waals surface area contributed by atoms with Crippen LogP contribution < -0.4 is 10.1 Å². The Morgan fingerprint density at radius 3 is 2.46 bits per heavy atom. The van der Waals surface area contributed by atoms with E-state index in [0.717, 1.165) is 38.2 Å². The summed E-state index contributed by atoms with van der Waals surface area (Å²) in [5, 5.41) is 3.28. The third-order valence-electron chi connectivity index (χ3n) is 4.04. The van der Waals surface area contributed by atoms with Gasteiger partial charge in [0, 0.05) is 32.2 Å². The topological polar surface area (TPSA) is 24.5 Å². The van der Waals surface area contributed by atoms with Crippen LogP contribution in [-0.4, -0.2) is 43.6 Å². The van der Waals surface area contributed by atoms with Gasteiger partial charge < -0.3 is 10.1 Å². The molecule has 1 aromatic rings. The zero-order chi connectivity index (χ0) is 17.7. The Morgan fingerprint density at radius 1 is 1.21 bits per heavy atom. The van der Waals surface area contributed by atoms with Crippen LogP contribution in [0, 0.1) is 5.92 Å². The van der Waals surface area contributed by atoms with E-state index in [2.05, 4.69) is 28.8 Å². The zero-order valence-electron chi connectivity index (χ0n) is 13.9. The number of alkyl halides is 4. The number of nitrogens with one attached hydrogen (secondary N) is 1. The van der Waals surface area contributed by atoms with Crippen molar-refractivity contribution in [1.82, 2.24) is 10.2 Å². The first-order valence-electron chi connectivity index (χ1n) is 8.19. The zero-order valence-corrected chi connectivity index (χ0v) is 13.9. The third-order valence-corrected chi connectivity index (χ3v) is 4.04. The molecule has 0 saturated carbocycles. The normalized spacial score (nSPS) is 18.2. The van der Waals surface area contributed by atoms with Crippen LogP contribution in [0.5, 0.6) is 5.75 Å². The minimum Gasteiger partial charge on any atom is -0.428 e. The van der Waals surface area contributed by atoms with Crippen LogP contribution >= 0.6 is 0 Å².